The number of nitrogens with two attached hydrogens (primary N) is 1. The number of carbonyl (C=O) groups is 2. The molecular weight excluding hydrogens is 446 g/mol. The van der Waals surface area contributed by atoms with Crippen LogP contribution in [0.1, 0.15) is 107 Å². The fourth-order valence-electron chi connectivity index (χ4n) is 5.61. The van der Waals surface area contributed by atoms with Gasteiger partial charge in [-0.3, -0.25) is 14.5 Å². The third-order valence-corrected chi connectivity index (χ3v) is 7.54. The van der Waals surface area contributed by atoms with Gasteiger partial charge in [0.05, 0.1) is 18.0 Å². The van der Waals surface area contributed by atoms with Crippen molar-refractivity contribution in [1.82, 2.24) is 4.90 Å². The van der Waals surface area contributed by atoms with Crippen molar-refractivity contribution in [3.05, 3.63) is 70.8 Å². The third kappa shape index (κ3) is 5.40. The van der Waals surface area contributed by atoms with E-state index in [-0.39, 0.29) is 29.1 Å². The highest BCUT2D eigenvalue weighted by atomic mass is 16.2. The number of ketones is 1. The van der Waals surface area contributed by atoms with E-state index in [0.29, 0.717) is 23.8 Å². The van der Waals surface area contributed by atoms with Gasteiger partial charge in [-0.15, -0.1) is 0 Å². The van der Waals surface area contributed by atoms with Crippen LogP contribution in [0.4, 0.5) is 0 Å². The summed E-state index contributed by atoms with van der Waals surface area (Å²) in [5, 5.41) is 0. The second kappa shape index (κ2) is 9.84. The molecule has 2 aromatic rings. The number of hydrogen-bond donors (Lipinski definition) is 1. The van der Waals surface area contributed by atoms with Crippen molar-refractivity contribution in [2.24, 2.45) is 22.6 Å². The van der Waals surface area contributed by atoms with E-state index in [2.05, 4.69) is 52.8 Å². The molecule has 1 amide bonds. The highest BCUT2D eigenvalue weighted by molar-refractivity contribution is 6.00. The zero-order chi connectivity index (χ0) is 26.3. The first-order valence-corrected chi connectivity index (χ1v) is 13.3. The lowest BCUT2D eigenvalue weighted by atomic mass is 9.79. The van der Waals surface area contributed by atoms with E-state index in [9.17, 15) is 9.59 Å². The number of aliphatic imine (C=N–C) groups is 1. The Kier molecular flexibility index (Phi) is 7.14. The fourth-order valence-corrected chi connectivity index (χ4v) is 5.61. The maximum Gasteiger partial charge on any atom is 0.232 e. The van der Waals surface area contributed by atoms with Crippen molar-refractivity contribution in [2.45, 2.75) is 90.6 Å². The summed E-state index contributed by atoms with van der Waals surface area (Å²) < 4.78 is 0. The Morgan fingerprint density at radius 3 is 2.33 bits per heavy atom. The van der Waals surface area contributed by atoms with Crippen LogP contribution in [0.25, 0.3) is 0 Å². The van der Waals surface area contributed by atoms with Crippen LogP contribution < -0.4 is 5.73 Å². The lowest BCUT2D eigenvalue weighted by molar-refractivity contribution is -0.132. The Morgan fingerprint density at radius 2 is 1.81 bits per heavy atom. The summed E-state index contributed by atoms with van der Waals surface area (Å²) >= 11 is 0. The summed E-state index contributed by atoms with van der Waals surface area (Å²) in [6.07, 6.45) is 4.26. The number of Topliss-reactive ketones (excluding diaryl/α,β-unsaturated/α-hetero) is 1. The van der Waals surface area contributed by atoms with E-state index in [1.54, 1.807) is 11.8 Å². The zero-order valence-electron chi connectivity index (χ0n) is 22.7. The van der Waals surface area contributed by atoms with Gasteiger partial charge in [-0.1, -0.05) is 89.9 Å². The third-order valence-electron chi connectivity index (χ3n) is 7.54. The second-order valence-electron chi connectivity index (χ2n) is 12.2. The predicted molar refractivity (Wildman–Crippen MR) is 146 cm³/mol. The monoisotopic (exact) mass is 487 g/mol. The Morgan fingerprint density at radius 1 is 1.14 bits per heavy atom. The number of amides is 1. The van der Waals surface area contributed by atoms with Crippen molar-refractivity contribution in [1.29, 1.82) is 0 Å². The molecule has 192 valence electrons. The smallest absolute Gasteiger partial charge is 0.232 e. The van der Waals surface area contributed by atoms with Gasteiger partial charge < -0.3 is 5.73 Å². The van der Waals surface area contributed by atoms with Gasteiger partial charge in [0.15, 0.2) is 11.7 Å². The maximum absolute atomic E-state index is 13.9. The topological polar surface area (TPSA) is 75.8 Å². The molecule has 5 nitrogen and oxygen atoms in total. The van der Waals surface area contributed by atoms with E-state index in [0.717, 1.165) is 29.5 Å². The van der Waals surface area contributed by atoms with Crippen molar-refractivity contribution < 1.29 is 9.59 Å². The Labute approximate surface area is 216 Å². The van der Waals surface area contributed by atoms with Crippen LogP contribution >= 0.6 is 0 Å². The lowest BCUT2D eigenvalue weighted by Crippen LogP contribution is -2.52. The first-order chi connectivity index (χ1) is 16.9. The van der Waals surface area contributed by atoms with Gasteiger partial charge in [0, 0.05) is 5.56 Å². The number of hydrogen-bond acceptors (Lipinski definition) is 4. The molecular formula is C31H41N3O2. The molecule has 2 aliphatic rings. The molecule has 2 atom stereocenters. The SMILES string of the molecule is CC(=O)c1cc(C(CC(C)C)N2C(=O)C[C@@](CC3CC3)(c3ccccc3)N=C2N)ccc1C(C)(C)C. The standard InChI is InChI=1S/C31H41N3O2/c1-20(2)16-27(23-14-15-26(30(4,5)6)25(17-23)21(3)35)34-28(36)19-31(33-29(34)32,18-22-12-13-22)24-10-8-7-9-11-24/h7-11,14-15,17,20,22,27H,12-13,16,18-19H2,1-6H3,(H2,32,33)/t27?,31-/m0/s1. The van der Waals surface area contributed by atoms with E-state index >= 15 is 0 Å². The molecule has 1 unspecified atom stereocenters. The van der Waals surface area contributed by atoms with Crippen molar-refractivity contribution in [3.8, 4) is 0 Å². The van der Waals surface area contributed by atoms with Gasteiger partial charge in [-0.25, -0.2) is 4.99 Å². The van der Waals surface area contributed by atoms with Gasteiger partial charge in [0.1, 0.15) is 0 Å². The van der Waals surface area contributed by atoms with Gasteiger partial charge >= 0.3 is 0 Å². The molecule has 2 N–H and O–H groups in total. The normalized spacial score (nSPS) is 21.5. The molecule has 1 fully saturated rings. The minimum absolute atomic E-state index is 0.00178. The molecule has 0 saturated heterocycles. The Bertz CT molecular complexity index is 1160. The number of benzene rings is 2. The fraction of sp³-hybridized carbons (Fsp3) is 0.516. The average molecular weight is 488 g/mol. The van der Waals surface area contributed by atoms with E-state index < -0.39 is 5.54 Å². The van der Waals surface area contributed by atoms with Gasteiger partial charge in [-0.05, 0) is 59.8 Å². The quantitative estimate of drug-likeness (QED) is 0.431. The van der Waals surface area contributed by atoms with Crippen molar-refractivity contribution in [3.63, 3.8) is 0 Å². The van der Waals surface area contributed by atoms with Crippen LogP contribution in [0, 0.1) is 11.8 Å². The van der Waals surface area contributed by atoms with E-state index in [1.165, 1.54) is 12.8 Å². The summed E-state index contributed by atoms with van der Waals surface area (Å²) in [6, 6.07) is 15.9. The van der Waals surface area contributed by atoms with Crippen LogP contribution in [-0.2, 0) is 15.7 Å². The van der Waals surface area contributed by atoms with Crippen molar-refractivity contribution in [2.75, 3.05) is 0 Å². The first-order valence-electron chi connectivity index (χ1n) is 13.3. The highest BCUT2D eigenvalue weighted by Gasteiger charge is 2.46. The summed E-state index contributed by atoms with van der Waals surface area (Å²) in [7, 11) is 0. The minimum Gasteiger partial charge on any atom is -0.369 e. The molecule has 1 aliphatic carbocycles. The number of carbonyl (C=O) groups excluding carboxylic acids is 2. The van der Waals surface area contributed by atoms with E-state index in [1.807, 2.05) is 30.3 Å². The molecule has 1 aliphatic heterocycles. The molecule has 0 aromatic heterocycles. The molecule has 36 heavy (non-hydrogen) atoms. The van der Waals surface area contributed by atoms with Crippen LogP contribution in [0.15, 0.2) is 53.5 Å². The summed E-state index contributed by atoms with van der Waals surface area (Å²) in [5.41, 5.74) is 9.62. The molecule has 4 rings (SSSR count). The average Bonchev–Trinajstić information content (AvgIpc) is 3.61. The second-order valence-corrected chi connectivity index (χ2v) is 12.2. The zero-order valence-corrected chi connectivity index (χ0v) is 22.7. The Balaban J connectivity index is 1.79. The molecule has 1 heterocycles. The highest BCUT2D eigenvalue weighted by Crippen LogP contribution is 2.47. The number of rotatable bonds is 8. The van der Waals surface area contributed by atoms with Gasteiger partial charge in [-0.2, -0.15) is 0 Å². The summed E-state index contributed by atoms with van der Waals surface area (Å²) in [6.45, 7) is 12.2. The first kappa shape index (κ1) is 26.1. The summed E-state index contributed by atoms with van der Waals surface area (Å²) in [5.74, 6) is 1.23. The van der Waals surface area contributed by atoms with Crippen LogP contribution in [0.3, 0.4) is 0 Å². The molecule has 2 aromatic carbocycles. The van der Waals surface area contributed by atoms with Gasteiger partial charge in [0.2, 0.25) is 5.91 Å². The predicted octanol–water partition coefficient (Wildman–Crippen LogP) is 6.52. The molecule has 0 bridgehead atoms. The van der Waals surface area contributed by atoms with Crippen molar-refractivity contribution >= 4 is 17.6 Å². The largest absolute Gasteiger partial charge is 0.369 e. The molecule has 0 spiro atoms. The maximum atomic E-state index is 13.9. The summed E-state index contributed by atoms with van der Waals surface area (Å²) in [4.78, 5) is 33.4. The van der Waals surface area contributed by atoms with E-state index in [4.69, 9.17) is 10.7 Å². The molecule has 0 radical (unpaired) electrons. The minimum atomic E-state index is -0.608. The lowest BCUT2D eigenvalue weighted by Gasteiger charge is -2.42. The number of guanidine groups is 1. The van der Waals surface area contributed by atoms with Gasteiger partial charge in [0.25, 0.3) is 0 Å². The molecule has 1 saturated carbocycles. The van der Waals surface area contributed by atoms with Crippen LogP contribution in [0.5, 0.6) is 0 Å². The molecule has 5 heteroatoms. The Hall–Kier alpha value is -2.95. The number of nitrogens with zero attached hydrogens (tertiary/aromatic N) is 2. The van der Waals surface area contributed by atoms with Crippen LogP contribution in [-0.4, -0.2) is 22.5 Å². The van der Waals surface area contributed by atoms with Crippen LogP contribution in [0.2, 0.25) is 0 Å².